The average Bonchev–Trinajstić information content (AvgIpc) is 2.85. The minimum absolute atomic E-state index is 0.0113. The van der Waals surface area contributed by atoms with Gasteiger partial charge in [-0.05, 0) is 19.1 Å². The van der Waals surface area contributed by atoms with Crippen LogP contribution in [0.4, 0.5) is 0 Å². The highest BCUT2D eigenvalue weighted by Crippen LogP contribution is 2.39. The van der Waals surface area contributed by atoms with Gasteiger partial charge in [0.15, 0.2) is 17.3 Å². The molecule has 0 unspecified atom stereocenters. The maximum atomic E-state index is 11.3. The molecule has 1 heterocycles. The van der Waals surface area contributed by atoms with Crippen molar-refractivity contribution in [1.29, 1.82) is 0 Å². The van der Waals surface area contributed by atoms with Crippen molar-refractivity contribution in [1.82, 2.24) is 0 Å². The summed E-state index contributed by atoms with van der Waals surface area (Å²) in [6, 6.07) is 3.14. The van der Waals surface area contributed by atoms with Crippen molar-refractivity contribution in [3.05, 3.63) is 23.3 Å². The number of rotatable bonds is 4. The van der Waals surface area contributed by atoms with Crippen LogP contribution in [0.1, 0.15) is 22.8 Å². The molecule has 1 aliphatic rings. The van der Waals surface area contributed by atoms with Crippen molar-refractivity contribution in [2.24, 2.45) is 0 Å². The first-order chi connectivity index (χ1) is 9.01. The largest absolute Gasteiger partial charge is 0.493 e. The fraction of sp³-hybridized carbons (Fsp3) is 0.462. The summed E-state index contributed by atoms with van der Waals surface area (Å²) in [6.45, 7) is 2.67. The molecule has 0 bridgehead atoms. The van der Waals surface area contributed by atoms with E-state index >= 15 is 0 Å². The van der Waals surface area contributed by atoms with Crippen LogP contribution in [0.25, 0.3) is 0 Å². The second-order valence-corrected chi connectivity index (χ2v) is 4.21. The number of methoxy groups -OCH3 is 2. The van der Waals surface area contributed by atoms with Crippen LogP contribution in [0.3, 0.4) is 0 Å². The fourth-order valence-electron chi connectivity index (χ4n) is 2.07. The quantitative estimate of drug-likeness (QED) is 0.894. The first-order valence-corrected chi connectivity index (χ1v) is 5.79. The Labute approximate surface area is 110 Å². The zero-order valence-corrected chi connectivity index (χ0v) is 11.1. The Kier molecular flexibility index (Phi) is 3.64. The highest BCUT2D eigenvalue weighted by atomic mass is 16.7. The zero-order valence-electron chi connectivity index (χ0n) is 11.1. The van der Waals surface area contributed by atoms with Crippen LogP contribution < -0.4 is 9.47 Å². The van der Waals surface area contributed by atoms with Gasteiger partial charge in [-0.25, -0.2) is 4.79 Å². The maximum absolute atomic E-state index is 11.3. The summed E-state index contributed by atoms with van der Waals surface area (Å²) in [6.07, 6.45) is 0. The Bertz CT molecular complexity index is 490. The Morgan fingerprint density at radius 2 is 1.89 bits per heavy atom. The van der Waals surface area contributed by atoms with E-state index in [0.29, 0.717) is 24.5 Å². The number of ether oxygens (including phenoxy) is 4. The van der Waals surface area contributed by atoms with Gasteiger partial charge >= 0.3 is 5.97 Å². The molecule has 0 aromatic heterocycles. The topological polar surface area (TPSA) is 74.2 Å². The van der Waals surface area contributed by atoms with Crippen molar-refractivity contribution in [2.75, 3.05) is 27.4 Å². The van der Waals surface area contributed by atoms with Crippen molar-refractivity contribution < 1.29 is 28.8 Å². The summed E-state index contributed by atoms with van der Waals surface area (Å²) in [7, 11) is 2.85. The second-order valence-electron chi connectivity index (χ2n) is 4.21. The lowest BCUT2D eigenvalue weighted by atomic mass is 10.0. The molecule has 6 nitrogen and oxygen atoms in total. The highest BCUT2D eigenvalue weighted by Gasteiger charge is 2.35. The normalized spacial score (nSPS) is 17.2. The monoisotopic (exact) mass is 268 g/mol. The number of carboxylic acid groups (broad SMARTS) is 1. The second kappa shape index (κ2) is 5.07. The minimum atomic E-state index is -1.10. The smallest absolute Gasteiger partial charge is 0.339 e. The summed E-state index contributed by atoms with van der Waals surface area (Å²) in [5, 5.41) is 9.25. The molecule has 1 saturated heterocycles. The van der Waals surface area contributed by atoms with E-state index in [4.69, 9.17) is 18.9 Å². The molecule has 1 aliphatic heterocycles. The van der Waals surface area contributed by atoms with Crippen LogP contribution in [0.5, 0.6) is 11.5 Å². The molecule has 19 heavy (non-hydrogen) atoms. The first kappa shape index (κ1) is 13.6. The Morgan fingerprint density at radius 3 is 2.37 bits per heavy atom. The van der Waals surface area contributed by atoms with Crippen molar-refractivity contribution >= 4 is 5.97 Å². The molecule has 0 atom stereocenters. The number of carbonyl (C=O) groups is 1. The standard InChI is InChI=1S/C13H16O6/c1-13(18-4-5-19-13)8-6-9(12(14)15)11(17-3)10(7-8)16-2/h6-7H,4-5H2,1-3H3,(H,14,15). The third-order valence-electron chi connectivity index (χ3n) is 3.07. The van der Waals surface area contributed by atoms with Crippen LogP contribution >= 0.6 is 0 Å². The third-order valence-corrected chi connectivity index (χ3v) is 3.07. The van der Waals surface area contributed by atoms with Gasteiger partial charge in [-0.2, -0.15) is 0 Å². The molecule has 0 spiro atoms. The van der Waals surface area contributed by atoms with Gasteiger partial charge in [-0.15, -0.1) is 0 Å². The summed E-state index contributed by atoms with van der Waals surface area (Å²) < 4.78 is 21.3. The van der Waals surface area contributed by atoms with Gasteiger partial charge in [-0.1, -0.05) is 0 Å². The van der Waals surface area contributed by atoms with E-state index < -0.39 is 11.8 Å². The van der Waals surface area contributed by atoms with E-state index in [2.05, 4.69) is 0 Å². The van der Waals surface area contributed by atoms with E-state index in [1.54, 1.807) is 13.0 Å². The molecule has 0 amide bonds. The summed E-state index contributed by atoms with van der Waals surface area (Å²) in [5.74, 6) is -1.54. The van der Waals surface area contributed by atoms with Gasteiger partial charge < -0.3 is 24.1 Å². The van der Waals surface area contributed by atoms with Gasteiger partial charge in [-0.3, -0.25) is 0 Å². The summed E-state index contributed by atoms with van der Waals surface area (Å²) >= 11 is 0. The number of benzene rings is 1. The molecule has 0 saturated carbocycles. The van der Waals surface area contributed by atoms with Gasteiger partial charge in [0.2, 0.25) is 0 Å². The SMILES string of the molecule is COc1cc(C2(C)OCCO2)cc(C(=O)O)c1OC. The zero-order chi connectivity index (χ0) is 14.0. The van der Waals surface area contributed by atoms with E-state index in [-0.39, 0.29) is 11.3 Å². The van der Waals surface area contributed by atoms with Crippen LogP contribution in [-0.2, 0) is 15.3 Å². The summed E-state index contributed by atoms with van der Waals surface area (Å²) in [5.41, 5.74) is 0.595. The lowest BCUT2D eigenvalue weighted by Crippen LogP contribution is -2.23. The Balaban J connectivity index is 2.57. The lowest BCUT2D eigenvalue weighted by Gasteiger charge is -2.24. The van der Waals surface area contributed by atoms with E-state index in [9.17, 15) is 9.90 Å². The molecule has 2 rings (SSSR count). The van der Waals surface area contributed by atoms with Crippen LogP contribution in [0.15, 0.2) is 12.1 Å². The number of hydrogen-bond donors (Lipinski definition) is 1. The molecular weight excluding hydrogens is 252 g/mol. The van der Waals surface area contributed by atoms with E-state index in [1.807, 2.05) is 0 Å². The molecule has 104 valence electrons. The van der Waals surface area contributed by atoms with Crippen molar-refractivity contribution in [3.63, 3.8) is 0 Å². The Morgan fingerprint density at radius 1 is 1.26 bits per heavy atom. The van der Waals surface area contributed by atoms with Crippen LogP contribution in [0, 0.1) is 0 Å². The van der Waals surface area contributed by atoms with Crippen molar-refractivity contribution in [3.8, 4) is 11.5 Å². The van der Waals surface area contributed by atoms with E-state index in [1.165, 1.54) is 20.3 Å². The number of aromatic carboxylic acids is 1. The van der Waals surface area contributed by atoms with E-state index in [0.717, 1.165) is 0 Å². The molecule has 0 radical (unpaired) electrons. The molecule has 1 aromatic rings. The molecule has 6 heteroatoms. The predicted molar refractivity (Wildman–Crippen MR) is 65.8 cm³/mol. The average molecular weight is 268 g/mol. The van der Waals surface area contributed by atoms with Crippen LogP contribution in [0.2, 0.25) is 0 Å². The van der Waals surface area contributed by atoms with Gasteiger partial charge in [0.25, 0.3) is 0 Å². The first-order valence-electron chi connectivity index (χ1n) is 5.79. The fourth-order valence-corrected chi connectivity index (χ4v) is 2.07. The molecule has 0 aliphatic carbocycles. The number of hydrogen-bond acceptors (Lipinski definition) is 5. The lowest BCUT2D eigenvalue weighted by molar-refractivity contribution is -0.149. The minimum Gasteiger partial charge on any atom is -0.493 e. The third kappa shape index (κ3) is 2.36. The molecule has 1 fully saturated rings. The van der Waals surface area contributed by atoms with Gasteiger partial charge in [0.1, 0.15) is 5.56 Å². The molecule has 1 aromatic carbocycles. The van der Waals surface area contributed by atoms with Gasteiger partial charge in [0, 0.05) is 5.56 Å². The molecular formula is C13H16O6. The maximum Gasteiger partial charge on any atom is 0.339 e. The number of carboxylic acids is 1. The van der Waals surface area contributed by atoms with Gasteiger partial charge in [0.05, 0.1) is 27.4 Å². The predicted octanol–water partition coefficient (Wildman–Crippen LogP) is 1.62. The van der Waals surface area contributed by atoms with Crippen LogP contribution in [-0.4, -0.2) is 38.5 Å². The molecule has 1 N–H and O–H groups in total. The summed E-state index contributed by atoms with van der Waals surface area (Å²) in [4.78, 5) is 11.3. The van der Waals surface area contributed by atoms with Crippen molar-refractivity contribution in [2.45, 2.75) is 12.7 Å². The highest BCUT2D eigenvalue weighted by molar-refractivity contribution is 5.92. The Hall–Kier alpha value is -1.79.